The Morgan fingerprint density at radius 1 is 1.15 bits per heavy atom. The van der Waals surface area contributed by atoms with E-state index in [4.69, 9.17) is 0 Å². The zero-order chi connectivity index (χ0) is 19.2. The van der Waals surface area contributed by atoms with Crippen molar-refractivity contribution in [1.29, 1.82) is 0 Å². The normalized spacial score (nSPS) is 11.7. The SMILES string of the molecule is CNS(=O)(=O)Cc1ccccc1CNC(=O)/C=C/c1ccc(C)cc1Br. The molecular formula is C19H21BrN2O3S. The summed E-state index contributed by atoms with van der Waals surface area (Å²) in [5.41, 5.74) is 3.47. The summed E-state index contributed by atoms with van der Waals surface area (Å²) < 4.78 is 26.7. The fourth-order valence-electron chi connectivity index (χ4n) is 2.32. The molecule has 2 aromatic carbocycles. The van der Waals surface area contributed by atoms with Crippen LogP contribution in [0.25, 0.3) is 6.08 Å². The van der Waals surface area contributed by atoms with Gasteiger partial charge >= 0.3 is 0 Å². The van der Waals surface area contributed by atoms with Crippen LogP contribution in [0.4, 0.5) is 0 Å². The smallest absolute Gasteiger partial charge is 0.244 e. The van der Waals surface area contributed by atoms with Crippen molar-refractivity contribution in [1.82, 2.24) is 10.0 Å². The Hall–Kier alpha value is -1.96. The topological polar surface area (TPSA) is 75.3 Å². The summed E-state index contributed by atoms with van der Waals surface area (Å²) >= 11 is 3.47. The Balaban J connectivity index is 2.02. The highest BCUT2D eigenvalue weighted by molar-refractivity contribution is 9.10. The minimum atomic E-state index is -3.37. The van der Waals surface area contributed by atoms with Crippen molar-refractivity contribution in [2.75, 3.05) is 7.05 Å². The van der Waals surface area contributed by atoms with Crippen LogP contribution >= 0.6 is 15.9 Å². The van der Waals surface area contributed by atoms with Crippen molar-refractivity contribution < 1.29 is 13.2 Å². The summed E-state index contributed by atoms with van der Waals surface area (Å²) in [7, 11) is -1.99. The Labute approximate surface area is 162 Å². The van der Waals surface area contributed by atoms with Crippen LogP contribution in [0.15, 0.2) is 53.0 Å². The molecule has 0 radical (unpaired) electrons. The highest BCUT2D eigenvalue weighted by Crippen LogP contribution is 2.19. The minimum absolute atomic E-state index is 0.123. The number of sulfonamides is 1. The van der Waals surface area contributed by atoms with Crippen LogP contribution in [0, 0.1) is 6.92 Å². The van der Waals surface area contributed by atoms with Gasteiger partial charge in [-0.25, -0.2) is 13.1 Å². The van der Waals surface area contributed by atoms with Crippen molar-refractivity contribution in [3.8, 4) is 0 Å². The molecule has 0 spiro atoms. The molecule has 2 aromatic rings. The maximum Gasteiger partial charge on any atom is 0.244 e. The fraction of sp³-hybridized carbons (Fsp3) is 0.211. The molecule has 5 nitrogen and oxygen atoms in total. The standard InChI is InChI=1S/C19H21BrN2O3S/c1-14-7-8-15(18(20)11-14)9-10-19(23)22-12-16-5-3-4-6-17(16)13-26(24,25)21-2/h3-11,21H,12-13H2,1-2H3,(H,22,23)/b10-9+. The lowest BCUT2D eigenvalue weighted by molar-refractivity contribution is -0.116. The molecule has 0 unspecified atom stereocenters. The van der Waals surface area contributed by atoms with Crippen molar-refractivity contribution >= 4 is 37.9 Å². The number of hydrogen-bond donors (Lipinski definition) is 2. The van der Waals surface area contributed by atoms with E-state index in [1.165, 1.54) is 13.1 Å². The highest BCUT2D eigenvalue weighted by Gasteiger charge is 2.12. The molecule has 0 aliphatic carbocycles. The largest absolute Gasteiger partial charge is 0.348 e. The quantitative estimate of drug-likeness (QED) is 0.654. The van der Waals surface area contributed by atoms with Gasteiger partial charge in [0.15, 0.2) is 0 Å². The molecular weight excluding hydrogens is 416 g/mol. The average Bonchev–Trinajstić information content (AvgIpc) is 2.60. The molecule has 2 N–H and O–H groups in total. The zero-order valence-corrected chi connectivity index (χ0v) is 17.0. The van der Waals surface area contributed by atoms with Crippen LogP contribution in [0.5, 0.6) is 0 Å². The van der Waals surface area contributed by atoms with Gasteiger partial charge in [-0.2, -0.15) is 0 Å². The summed E-state index contributed by atoms with van der Waals surface area (Å²) in [6.45, 7) is 2.25. The first-order valence-corrected chi connectivity index (χ1v) is 10.5. The zero-order valence-electron chi connectivity index (χ0n) is 14.6. The van der Waals surface area contributed by atoms with Crippen molar-refractivity contribution in [2.45, 2.75) is 19.2 Å². The van der Waals surface area contributed by atoms with Gasteiger partial charge in [-0.3, -0.25) is 4.79 Å². The van der Waals surface area contributed by atoms with Crippen molar-refractivity contribution in [3.05, 3.63) is 75.3 Å². The van der Waals surface area contributed by atoms with Gasteiger partial charge in [0.05, 0.1) is 5.75 Å². The number of hydrogen-bond acceptors (Lipinski definition) is 3. The number of nitrogens with one attached hydrogen (secondary N) is 2. The Bertz CT molecular complexity index is 924. The average molecular weight is 437 g/mol. The minimum Gasteiger partial charge on any atom is -0.348 e. The molecule has 1 amide bonds. The molecule has 0 fully saturated rings. The van der Waals surface area contributed by atoms with E-state index in [-0.39, 0.29) is 18.2 Å². The van der Waals surface area contributed by atoms with Crippen LogP contribution in [0.1, 0.15) is 22.3 Å². The number of halogens is 1. The van der Waals surface area contributed by atoms with Gasteiger partial charge in [-0.15, -0.1) is 0 Å². The molecule has 0 aliphatic rings. The van der Waals surface area contributed by atoms with Crippen LogP contribution in [0.2, 0.25) is 0 Å². The molecule has 0 aromatic heterocycles. The van der Waals surface area contributed by atoms with E-state index < -0.39 is 10.0 Å². The maximum absolute atomic E-state index is 12.1. The van der Waals surface area contributed by atoms with E-state index in [1.54, 1.807) is 24.3 Å². The van der Waals surface area contributed by atoms with Gasteiger partial charge in [0.1, 0.15) is 0 Å². The Morgan fingerprint density at radius 3 is 2.50 bits per heavy atom. The predicted molar refractivity (Wildman–Crippen MR) is 108 cm³/mol. The van der Waals surface area contributed by atoms with Crippen LogP contribution in [-0.2, 0) is 27.1 Å². The lowest BCUT2D eigenvalue weighted by atomic mass is 10.1. The second-order valence-electron chi connectivity index (χ2n) is 5.81. The molecule has 0 saturated heterocycles. The van der Waals surface area contributed by atoms with Crippen molar-refractivity contribution in [2.24, 2.45) is 0 Å². The van der Waals surface area contributed by atoms with Gasteiger partial charge in [-0.05, 0) is 48.4 Å². The maximum atomic E-state index is 12.1. The molecule has 0 aliphatic heterocycles. The third kappa shape index (κ3) is 6.09. The van der Waals surface area contributed by atoms with Crippen LogP contribution < -0.4 is 10.0 Å². The Kier molecular flexibility index (Phi) is 7.14. The molecule has 26 heavy (non-hydrogen) atoms. The number of amides is 1. The van der Waals surface area contributed by atoms with E-state index in [0.717, 1.165) is 21.2 Å². The number of benzene rings is 2. The van der Waals surface area contributed by atoms with E-state index in [2.05, 4.69) is 26.0 Å². The summed E-state index contributed by atoms with van der Waals surface area (Å²) in [5, 5.41) is 2.79. The highest BCUT2D eigenvalue weighted by atomic mass is 79.9. The second kappa shape index (κ2) is 9.12. The van der Waals surface area contributed by atoms with Crippen molar-refractivity contribution in [3.63, 3.8) is 0 Å². The van der Waals surface area contributed by atoms with E-state index in [1.807, 2.05) is 31.2 Å². The molecule has 0 bridgehead atoms. The summed E-state index contributed by atoms with van der Waals surface area (Å²) in [6, 6.07) is 13.0. The van der Waals surface area contributed by atoms with Gasteiger partial charge < -0.3 is 5.32 Å². The second-order valence-corrected chi connectivity index (χ2v) is 8.59. The number of rotatable bonds is 7. The van der Waals surface area contributed by atoms with Crippen LogP contribution in [0.3, 0.4) is 0 Å². The first-order chi connectivity index (χ1) is 12.3. The molecule has 0 saturated carbocycles. The number of aryl methyl sites for hydroxylation is 1. The fourth-order valence-corrected chi connectivity index (χ4v) is 3.78. The predicted octanol–water partition coefficient (Wildman–Crippen LogP) is 3.14. The van der Waals surface area contributed by atoms with E-state index in [9.17, 15) is 13.2 Å². The van der Waals surface area contributed by atoms with Gasteiger partial charge in [0.2, 0.25) is 15.9 Å². The summed E-state index contributed by atoms with van der Waals surface area (Å²) in [4.78, 5) is 12.1. The molecule has 2 rings (SSSR count). The monoisotopic (exact) mass is 436 g/mol. The van der Waals surface area contributed by atoms with Gasteiger partial charge in [0.25, 0.3) is 0 Å². The lowest BCUT2D eigenvalue weighted by Gasteiger charge is -2.10. The molecule has 7 heteroatoms. The summed E-state index contributed by atoms with van der Waals surface area (Å²) in [5.74, 6) is -0.370. The van der Waals surface area contributed by atoms with Gasteiger partial charge in [-0.1, -0.05) is 52.3 Å². The molecule has 138 valence electrons. The first-order valence-electron chi connectivity index (χ1n) is 8.01. The van der Waals surface area contributed by atoms with E-state index in [0.29, 0.717) is 5.56 Å². The van der Waals surface area contributed by atoms with Crippen LogP contribution in [-0.4, -0.2) is 21.4 Å². The first kappa shape index (κ1) is 20.4. The van der Waals surface area contributed by atoms with E-state index >= 15 is 0 Å². The third-order valence-electron chi connectivity index (χ3n) is 3.80. The molecule has 0 atom stereocenters. The lowest BCUT2D eigenvalue weighted by Crippen LogP contribution is -2.24. The third-order valence-corrected chi connectivity index (χ3v) is 5.80. The number of carbonyl (C=O) groups is 1. The Morgan fingerprint density at radius 2 is 1.85 bits per heavy atom. The van der Waals surface area contributed by atoms with Gasteiger partial charge in [0, 0.05) is 17.1 Å². The number of carbonyl (C=O) groups excluding carboxylic acids is 1. The summed E-state index contributed by atoms with van der Waals surface area (Å²) in [6.07, 6.45) is 3.19. The molecule has 0 heterocycles.